The van der Waals surface area contributed by atoms with Crippen LogP contribution in [-0.2, 0) is 14.2 Å². The highest BCUT2D eigenvalue weighted by Crippen LogP contribution is 2.51. The SMILES string of the molecule is CCCCCCCCCCCCCCCC(=O)N(CCO)P(=O)(O)N(C(=O)CCCCCCCCCCCCCCC)C(C)O. The Morgan fingerprint density at radius 3 is 1.13 bits per heavy atom. The monoisotopic (exact) mass is 661 g/mol. The Hall–Kier alpha value is -0.950. The smallest absolute Gasteiger partial charge is 0.395 e. The van der Waals surface area contributed by atoms with Gasteiger partial charge in [0, 0.05) is 12.8 Å². The zero-order chi connectivity index (χ0) is 33.6. The van der Waals surface area contributed by atoms with Crippen molar-refractivity contribution >= 4 is 19.5 Å². The van der Waals surface area contributed by atoms with Crippen molar-refractivity contribution in [3.63, 3.8) is 0 Å². The van der Waals surface area contributed by atoms with Gasteiger partial charge in [-0.15, -0.1) is 0 Å². The van der Waals surface area contributed by atoms with E-state index in [1.54, 1.807) is 0 Å². The van der Waals surface area contributed by atoms with Crippen molar-refractivity contribution in [2.45, 2.75) is 207 Å². The molecule has 0 bridgehead atoms. The van der Waals surface area contributed by atoms with Crippen LogP contribution in [0.15, 0.2) is 0 Å². The molecule has 9 heteroatoms. The summed E-state index contributed by atoms with van der Waals surface area (Å²) in [6.07, 6.45) is 29.0. The lowest BCUT2D eigenvalue weighted by atomic mass is 10.0. The van der Waals surface area contributed by atoms with Crippen LogP contribution in [0.4, 0.5) is 0 Å². The minimum atomic E-state index is -4.71. The van der Waals surface area contributed by atoms with Gasteiger partial charge >= 0.3 is 7.67 Å². The van der Waals surface area contributed by atoms with Gasteiger partial charge in [-0.05, 0) is 19.8 Å². The van der Waals surface area contributed by atoms with E-state index in [9.17, 15) is 29.3 Å². The minimum Gasteiger partial charge on any atom is -0.395 e. The summed E-state index contributed by atoms with van der Waals surface area (Å²) in [5, 5.41) is 19.8. The zero-order valence-electron chi connectivity index (χ0n) is 29.7. The third-order valence-corrected chi connectivity index (χ3v) is 11.0. The van der Waals surface area contributed by atoms with Crippen LogP contribution in [0.5, 0.6) is 0 Å². The van der Waals surface area contributed by atoms with Crippen LogP contribution < -0.4 is 0 Å². The molecule has 0 radical (unpaired) electrons. The van der Waals surface area contributed by atoms with Crippen LogP contribution >= 0.6 is 7.67 Å². The molecule has 0 aromatic rings. The molecule has 0 saturated heterocycles. The average Bonchev–Trinajstić information content (AvgIpc) is 3.00. The van der Waals surface area contributed by atoms with Gasteiger partial charge < -0.3 is 15.1 Å². The average molecular weight is 661 g/mol. The lowest BCUT2D eigenvalue weighted by molar-refractivity contribution is -0.134. The molecular weight excluding hydrogens is 587 g/mol. The number of unbranched alkanes of at least 4 members (excludes halogenated alkanes) is 24. The predicted molar refractivity (Wildman–Crippen MR) is 188 cm³/mol. The van der Waals surface area contributed by atoms with Gasteiger partial charge in [0.25, 0.3) is 0 Å². The van der Waals surface area contributed by atoms with E-state index < -0.39 is 32.3 Å². The maximum Gasteiger partial charge on any atom is 0.400 e. The molecule has 2 unspecified atom stereocenters. The molecule has 0 rings (SSSR count). The molecule has 0 aliphatic rings. The highest BCUT2D eigenvalue weighted by molar-refractivity contribution is 7.54. The molecule has 8 nitrogen and oxygen atoms in total. The minimum absolute atomic E-state index is 0.0349. The van der Waals surface area contributed by atoms with Gasteiger partial charge in [0.05, 0.1) is 13.2 Å². The molecule has 3 N–H and O–H groups in total. The molecule has 0 aliphatic heterocycles. The fraction of sp³-hybridized carbons (Fsp3) is 0.944. The molecule has 0 heterocycles. The summed E-state index contributed by atoms with van der Waals surface area (Å²) in [6.45, 7) is 4.87. The number of hydrogen-bond acceptors (Lipinski definition) is 5. The van der Waals surface area contributed by atoms with Gasteiger partial charge in [-0.2, -0.15) is 0 Å². The lowest BCUT2D eigenvalue weighted by Crippen LogP contribution is -2.43. The van der Waals surface area contributed by atoms with E-state index in [1.165, 1.54) is 122 Å². The fourth-order valence-electron chi connectivity index (χ4n) is 6.01. The van der Waals surface area contributed by atoms with E-state index in [-0.39, 0.29) is 19.4 Å². The van der Waals surface area contributed by atoms with Crippen LogP contribution in [0.1, 0.15) is 201 Å². The largest absolute Gasteiger partial charge is 0.400 e. The predicted octanol–water partition coefficient (Wildman–Crippen LogP) is 10.0. The Balaban J connectivity index is 4.39. The van der Waals surface area contributed by atoms with Crippen molar-refractivity contribution in [2.24, 2.45) is 0 Å². The lowest BCUT2D eigenvalue weighted by Gasteiger charge is -2.36. The van der Waals surface area contributed by atoms with Crippen LogP contribution in [-0.4, -0.2) is 55.6 Å². The molecule has 0 aromatic heterocycles. The van der Waals surface area contributed by atoms with Gasteiger partial charge in [-0.3, -0.25) is 14.3 Å². The summed E-state index contributed by atoms with van der Waals surface area (Å²) in [5.41, 5.74) is 0. The fourth-order valence-corrected chi connectivity index (χ4v) is 7.81. The summed E-state index contributed by atoms with van der Waals surface area (Å²) < 4.78 is 14.8. The van der Waals surface area contributed by atoms with E-state index in [1.807, 2.05) is 0 Å². The molecule has 2 atom stereocenters. The Labute approximate surface area is 277 Å². The molecule has 0 aromatic carbocycles. The van der Waals surface area contributed by atoms with E-state index in [0.717, 1.165) is 38.5 Å². The molecule has 268 valence electrons. The highest BCUT2D eigenvalue weighted by atomic mass is 31.2. The van der Waals surface area contributed by atoms with E-state index in [2.05, 4.69) is 13.8 Å². The standard InChI is InChI=1S/C36H73N2O6P/c1-4-6-8-10-12-14-16-18-20-22-24-26-28-30-35(41)37(32-33-39)45(43,44)38(34(3)40)36(42)31-29-27-25-23-21-19-17-15-13-11-9-7-5-2/h34,39-40H,4-33H2,1-3H3,(H,43,44). The molecule has 0 spiro atoms. The summed E-state index contributed by atoms with van der Waals surface area (Å²) in [4.78, 5) is 36.9. The maximum atomic E-state index is 13.5. The van der Waals surface area contributed by atoms with Crippen molar-refractivity contribution in [3.8, 4) is 0 Å². The number of aliphatic hydroxyl groups is 2. The first-order valence-corrected chi connectivity index (χ1v) is 20.6. The third kappa shape index (κ3) is 23.1. The van der Waals surface area contributed by atoms with Crippen molar-refractivity contribution in [1.82, 2.24) is 9.34 Å². The second-order valence-corrected chi connectivity index (χ2v) is 15.0. The molecule has 0 saturated carbocycles. The number of amides is 2. The van der Waals surface area contributed by atoms with Crippen LogP contribution in [0.25, 0.3) is 0 Å². The Kier molecular flexibility index (Phi) is 29.7. The first-order valence-electron chi connectivity index (χ1n) is 19.0. The number of carbonyl (C=O) groups excluding carboxylic acids is 2. The zero-order valence-corrected chi connectivity index (χ0v) is 30.6. The second kappa shape index (κ2) is 30.4. The number of rotatable bonds is 33. The van der Waals surface area contributed by atoms with E-state index >= 15 is 0 Å². The summed E-state index contributed by atoms with van der Waals surface area (Å²) in [7, 11) is -4.71. The van der Waals surface area contributed by atoms with Crippen molar-refractivity contribution in [2.75, 3.05) is 13.2 Å². The summed E-state index contributed by atoms with van der Waals surface area (Å²) in [6, 6.07) is 0. The molecule has 45 heavy (non-hydrogen) atoms. The maximum absolute atomic E-state index is 13.5. The van der Waals surface area contributed by atoms with E-state index in [0.29, 0.717) is 22.2 Å². The van der Waals surface area contributed by atoms with Crippen LogP contribution in [0.3, 0.4) is 0 Å². The van der Waals surface area contributed by atoms with Crippen molar-refractivity contribution in [3.05, 3.63) is 0 Å². The van der Waals surface area contributed by atoms with Crippen LogP contribution in [0, 0.1) is 0 Å². The first-order chi connectivity index (χ1) is 21.7. The molecular formula is C36H73N2O6P. The highest BCUT2D eigenvalue weighted by Gasteiger charge is 2.43. The van der Waals surface area contributed by atoms with Gasteiger partial charge in [0.2, 0.25) is 11.8 Å². The molecule has 0 fully saturated rings. The topological polar surface area (TPSA) is 118 Å². The number of nitrogens with zero attached hydrogens (tertiary/aromatic N) is 2. The molecule has 2 amide bonds. The number of carbonyl (C=O) groups is 2. The van der Waals surface area contributed by atoms with Crippen molar-refractivity contribution < 1.29 is 29.3 Å². The van der Waals surface area contributed by atoms with Gasteiger partial charge in [0.15, 0.2) is 0 Å². The summed E-state index contributed by atoms with van der Waals surface area (Å²) in [5.74, 6) is -1.21. The van der Waals surface area contributed by atoms with Gasteiger partial charge in [-0.25, -0.2) is 9.24 Å². The Morgan fingerprint density at radius 2 is 0.844 bits per heavy atom. The number of aliphatic hydroxyl groups excluding tert-OH is 2. The quantitative estimate of drug-likeness (QED) is 0.0366. The second-order valence-electron chi connectivity index (χ2n) is 13.1. The van der Waals surface area contributed by atoms with Gasteiger partial charge in [0.1, 0.15) is 6.23 Å². The van der Waals surface area contributed by atoms with Crippen LogP contribution in [0.2, 0.25) is 0 Å². The molecule has 0 aliphatic carbocycles. The Morgan fingerprint density at radius 1 is 0.556 bits per heavy atom. The first kappa shape index (κ1) is 44.0. The van der Waals surface area contributed by atoms with Gasteiger partial charge in [-0.1, -0.05) is 168 Å². The van der Waals surface area contributed by atoms with Crippen molar-refractivity contribution in [1.29, 1.82) is 0 Å². The van der Waals surface area contributed by atoms with E-state index in [4.69, 9.17) is 0 Å². The normalized spacial score (nSPS) is 13.5. The summed E-state index contributed by atoms with van der Waals surface area (Å²) >= 11 is 0. The number of hydrogen-bond donors (Lipinski definition) is 3. The Bertz CT molecular complexity index is 751. The third-order valence-electron chi connectivity index (χ3n) is 8.79.